The van der Waals surface area contributed by atoms with Gasteiger partial charge in [-0.1, -0.05) is 6.92 Å². The first-order valence-corrected chi connectivity index (χ1v) is 9.39. The lowest BCUT2D eigenvalue weighted by atomic mass is 9.84. The van der Waals surface area contributed by atoms with Crippen molar-refractivity contribution in [1.82, 2.24) is 25.1 Å². The number of aromatic nitrogens is 4. The number of hydrogen-bond acceptors (Lipinski definition) is 6. The zero-order valence-electron chi connectivity index (χ0n) is 16.3. The molecule has 1 fully saturated rings. The number of hydrogen-bond donors (Lipinski definition) is 2. The van der Waals surface area contributed by atoms with Crippen LogP contribution in [0.1, 0.15) is 32.6 Å². The second-order valence-electron chi connectivity index (χ2n) is 7.23. The molecule has 29 heavy (non-hydrogen) atoms. The van der Waals surface area contributed by atoms with Gasteiger partial charge in [-0.3, -0.25) is 9.48 Å². The highest BCUT2D eigenvalue weighted by Crippen LogP contribution is 2.29. The molecule has 0 bridgehead atoms. The fourth-order valence-corrected chi connectivity index (χ4v) is 3.45. The van der Waals surface area contributed by atoms with Crippen molar-refractivity contribution in [3.05, 3.63) is 24.7 Å². The Balaban J connectivity index is 1.62. The van der Waals surface area contributed by atoms with Crippen LogP contribution in [0.3, 0.4) is 0 Å². The molecule has 1 saturated heterocycles. The summed E-state index contributed by atoms with van der Waals surface area (Å²) < 4.78 is 39.1. The minimum absolute atomic E-state index is 0.432. The van der Waals surface area contributed by atoms with Crippen LogP contribution in [-0.4, -0.2) is 50.5 Å². The fraction of sp³-hybridized carbons (Fsp3) is 0.556. The maximum atomic E-state index is 12.5. The van der Waals surface area contributed by atoms with E-state index >= 15 is 0 Å². The van der Waals surface area contributed by atoms with Crippen LogP contribution in [0.4, 0.5) is 30.6 Å². The molecule has 3 rings (SSSR count). The molecular formula is C18H24F3N7O. The molecule has 0 radical (unpaired) electrons. The number of halogens is 3. The predicted octanol–water partition coefficient (Wildman–Crippen LogP) is 2.77. The van der Waals surface area contributed by atoms with Gasteiger partial charge in [0, 0.05) is 38.1 Å². The lowest BCUT2D eigenvalue weighted by molar-refractivity contribution is -0.155. The van der Waals surface area contributed by atoms with Crippen molar-refractivity contribution >= 4 is 23.4 Å². The first-order chi connectivity index (χ1) is 13.7. The van der Waals surface area contributed by atoms with Gasteiger partial charge in [0.15, 0.2) is 0 Å². The molecule has 0 saturated carbocycles. The maximum absolute atomic E-state index is 12.5. The molecule has 0 unspecified atom stereocenters. The Morgan fingerprint density at radius 2 is 2.03 bits per heavy atom. The Labute approximate surface area is 166 Å². The number of rotatable bonds is 6. The summed E-state index contributed by atoms with van der Waals surface area (Å²) in [6.45, 7) is 3.02. The Morgan fingerprint density at radius 1 is 1.31 bits per heavy atom. The molecule has 8 nitrogen and oxygen atoms in total. The summed E-state index contributed by atoms with van der Waals surface area (Å²) in [6, 6.07) is 1.79. The number of piperidine rings is 1. The average molecular weight is 411 g/mol. The molecule has 11 heteroatoms. The molecule has 2 aromatic heterocycles. The summed E-state index contributed by atoms with van der Waals surface area (Å²) in [4.78, 5) is 22.5. The van der Waals surface area contributed by atoms with Crippen LogP contribution >= 0.6 is 0 Å². The van der Waals surface area contributed by atoms with E-state index < -0.39 is 24.0 Å². The fourth-order valence-electron chi connectivity index (χ4n) is 3.45. The summed E-state index contributed by atoms with van der Waals surface area (Å²) in [5.74, 6) is 0.178. The highest BCUT2D eigenvalue weighted by atomic mass is 19.4. The Hall–Kier alpha value is -2.85. The quantitative estimate of drug-likeness (QED) is 0.760. The van der Waals surface area contributed by atoms with Crippen molar-refractivity contribution in [3.63, 3.8) is 0 Å². The summed E-state index contributed by atoms with van der Waals surface area (Å²) >= 11 is 0. The molecule has 0 aliphatic carbocycles. The lowest BCUT2D eigenvalue weighted by Gasteiger charge is -2.42. The number of nitrogens with one attached hydrogen (secondary N) is 2. The number of alkyl halides is 3. The summed E-state index contributed by atoms with van der Waals surface area (Å²) in [6.07, 6.45) is 0.819. The van der Waals surface area contributed by atoms with E-state index in [1.807, 2.05) is 18.9 Å². The standard InChI is InChI=1S/C18H24F3N7O/c1-3-17(26-15(29)10-18(19,20)21)5-8-28(9-6-17)14-4-7-22-16(25-14)24-13-11-23-27(2)12-13/h4,7,11-12H,3,5-6,8-10H2,1-2H3,(H,26,29)(H,22,24,25). The lowest BCUT2D eigenvalue weighted by Crippen LogP contribution is -2.55. The van der Waals surface area contributed by atoms with Gasteiger partial charge < -0.3 is 15.5 Å². The third-order valence-electron chi connectivity index (χ3n) is 5.09. The van der Waals surface area contributed by atoms with Crippen molar-refractivity contribution in [3.8, 4) is 0 Å². The number of aryl methyl sites for hydroxylation is 1. The van der Waals surface area contributed by atoms with Crippen molar-refractivity contribution in [2.75, 3.05) is 23.3 Å². The predicted molar refractivity (Wildman–Crippen MR) is 102 cm³/mol. The van der Waals surface area contributed by atoms with E-state index in [-0.39, 0.29) is 0 Å². The van der Waals surface area contributed by atoms with Crippen molar-refractivity contribution in [2.45, 2.75) is 44.3 Å². The molecule has 0 aromatic carbocycles. The van der Waals surface area contributed by atoms with Gasteiger partial charge in [0.2, 0.25) is 11.9 Å². The van der Waals surface area contributed by atoms with Crippen LogP contribution in [0.25, 0.3) is 0 Å². The molecule has 2 aromatic rings. The van der Waals surface area contributed by atoms with Crippen LogP contribution in [0.15, 0.2) is 24.7 Å². The van der Waals surface area contributed by atoms with E-state index in [2.05, 4.69) is 25.7 Å². The summed E-state index contributed by atoms with van der Waals surface area (Å²) in [5.41, 5.74) is 0.142. The molecule has 1 aliphatic rings. The third kappa shape index (κ3) is 5.58. The minimum Gasteiger partial charge on any atom is -0.356 e. The van der Waals surface area contributed by atoms with Gasteiger partial charge in [-0.05, 0) is 25.3 Å². The zero-order valence-corrected chi connectivity index (χ0v) is 16.3. The Kier molecular flexibility index (Phi) is 5.94. The van der Waals surface area contributed by atoms with Crippen LogP contribution in [0.2, 0.25) is 0 Å². The normalized spacial score (nSPS) is 16.5. The second-order valence-corrected chi connectivity index (χ2v) is 7.23. The van der Waals surface area contributed by atoms with Crippen molar-refractivity contribution in [2.24, 2.45) is 7.05 Å². The topological polar surface area (TPSA) is 88.0 Å². The van der Waals surface area contributed by atoms with Gasteiger partial charge in [-0.15, -0.1) is 0 Å². The number of carbonyl (C=O) groups is 1. The largest absolute Gasteiger partial charge is 0.397 e. The van der Waals surface area contributed by atoms with E-state index in [1.54, 1.807) is 29.3 Å². The van der Waals surface area contributed by atoms with Gasteiger partial charge >= 0.3 is 6.18 Å². The monoisotopic (exact) mass is 411 g/mol. The molecule has 3 heterocycles. The van der Waals surface area contributed by atoms with Crippen molar-refractivity contribution in [1.29, 1.82) is 0 Å². The minimum atomic E-state index is -4.50. The van der Waals surface area contributed by atoms with Gasteiger partial charge in [-0.2, -0.15) is 23.3 Å². The van der Waals surface area contributed by atoms with Gasteiger partial charge in [0.05, 0.1) is 11.9 Å². The Bertz CT molecular complexity index is 844. The molecule has 0 atom stereocenters. The van der Waals surface area contributed by atoms with E-state index in [4.69, 9.17) is 0 Å². The molecule has 158 valence electrons. The highest BCUT2D eigenvalue weighted by Gasteiger charge is 2.38. The average Bonchev–Trinajstić information content (AvgIpc) is 3.05. The number of carbonyl (C=O) groups excluding carboxylic acids is 1. The second kappa shape index (κ2) is 8.26. The summed E-state index contributed by atoms with van der Waals surface area (Å²) in [7, 11) is 1.81. The smallest absolute Gasteiger partial charge is 0.356 e. The molecule has 0 spiro atoms. The molecular weight excluding hydrogens is 387 g/mol. The molecule has 1 amide bonds. The third-order valence-corrected chi connectivity index (χ3v) is 5.09. The Morgan fingerprint density at radius 3 is 2.62 bits per heavy atom. The number of amides is 1. The van der Waals surface area contributed by atoms with Gasteiger partial charge in [0.25, 0.3) is 0 Å². The van der Waals surface area contributed by atoms with Crippen molar-refractivity contribution < 1.29 is 18.0 Å². The van der Waals surface area contributed by atoms with Crippen LogP contribution in [-0.2, 0) is 11.8 Å². The van der Waals surface area contributed by atoms with Crippen LogP contribution in [0.5, 0.6) is 0 Å². The summed E-state index contributed by atoms with van der Waals surface area (Å²) in [5, 5.41) is 9.78. The van der Waals surface area contributed by atoms with Crippen LogP contribution in [0, 0.1) is 0 Å². The van der Waals surface area contributed by atoms with Gasteiger partial charge in [-0.25, -0.2) is 4.98 Å². The SMILES string of the molecule is CCC1(NC(=O)CC(F)(F)F)CCN(c2ccnc(Nc3cnn(C)c3)n2)CC1. The zero-order chi connectivity index (χ0) is 21.1. The first-order valence-electron chi connectivity index (χ1n) is 9.39. The van der Waals surface area contributed by atoms with Crippen LogP contribution < -0.4 is 15.5 Å². The number of anilines is 3. The molecule has 1 aliphatic heterocycles. The van der Waals surface area contributed by atoms with Gasteiger partial charge in [0.1, 0.15) is 12.2 Å². The number of nitrogens with zero attached hydrogens (tertiary/aromatic N) is 5. The van der Waals surface area contributed by atoms with E-state index in [0.29, 0.717) is 38.3 Å². The van der Waals surface area contributed by atoms with E-state index in [1.165, 1.54) is 0 Å². The first kappa shape index (κ1) is 20.9. The highest BCUT2D eigenvalue weighted by molar-refractivity contribution is 5.77. The molecule has 2 N–H and O–H groups in total. The maximum Gasteiger partial charge on any atom is 0.397 e. The van der Waals surface area contributed by atoms with E-state index in [0.717, 1.165) is 11.5 Å². The van der Waals surface area contributed by atoms with E-state index in [9.17, 15) is 18.0 Å².